The van der Waals surface area contributed by atoms with Crippen LogP contribution in [0.1, 0.15) is 29.7 Å². The van der Waals surface area contributed by atoms with Crippen molar-refractivity contribution in [2.75, 3.05) is 13.2 Å². The number of aliphatic hydroxyl groups is 1. The van der Waals surface area contributed by atoms with Crippen LogP contribution >= 0.6 is 11.3 Å². The van der Waals surface area contributed by atoms with E-state index < -0.39 is 6.10 Å². The van der Waals surface area contributed by atoms with Crippen LogP contribution in [0.5, 0.6) is 5.75 Å². The molecule has 0 aliphatic heterocycles. The van der Waals surface area contributed by atoms with Gasteiger partial charge in [0.05, 0.1) is 12.7 Å². The number of thiophene rings is 1. The smallest absolute Gasteiger partial charge is 0.315 e. The average Bonchev–Trinajstić information content (AvgIpc) is 3.06. The summed E-state index contributed by atoms with van der Waals surface area (Å²) in [6, 6.07) is 7.41. The van der Waals surface area contributed by atoms with Gasteiger partial charge in [-0.1, -0.05) is 12.1 Å². The van der Waals surface area contributed by atoms with E-state index in [-0.39, 0.29) is 12.6 Å². The molecule has 2 aromatic rings. The molecule has 0 radical (unpaired) electrons. The van der Waals surface area contributed by atoms with Gasteiger partial charge in [0.25, 0.3) is 0 Å². The van der Waals surface area contributed by atoms with E-state index in [9.17, 15) is 9.90 Å². The summed E-state index contributed by atoms with van der Waals surface area (Å²) in [5.74, 6) is 0.783. The molecular weight excluding hydrogens is 312 g/mol. The predicted octanol–water partition coefficient (Wildman–Crippen LogP) is 2.99. The van der Waals surface area contributed by atoms with Crippen LogP contribution < -0.4 is 15.4 Å². The van der Waals surface area contributed by atoms with Gasteiger partial charge in [-0.3, -0.25) is 0 Å². The first-order valence-corrected chi connectivity index (χ1v) is 8.48. The van der Waals surface area contributed by atoms with Crippen molar-refractivity contribution in [1.29, 1.82) is 0 Å². The summed E-state index contributed by atoms with van der Waals surface area (Å²) in [4.78, 5) is 11.9. The van der Waals surface area contributed by atoms with Crippen LogP contribution in [-0.4, -0.2) is 24.3 Å². The molecule has 1 atom stereocenters. The van der Waals surface area contributed by atoms with Gasteiger partial charge in [0.1, 0.15) is 5.75 Å². The molecule has 1 aromatic carbocycles. The van der Waals surface area contributed by atoms with Crippen LogP contribution in [0.25, 0.3) is 0 Å². The van der Waals surface area contributed by atoms with Gasteiger partial charge in [0.15, 0.2) is 0 Å². The first kappa shape index (κ1) is 17.3. The summed E-state index contributed by atoms with van der Waals surface area (Å²) < 4.78 is 5.59. The normalized spacial score (nSPS) is 11.8. The molecular formula is C17H22N2O3S. The minimum Gasteiger partial charge on any atom is -0.494 e. The third kappa shape index (κ3) is 5.26. The molecule has 0 saturated heterocycles. The Bertz CT molecular complexity index is 629. The van der Waals surface area contributed by atoms with Gasteiger partial charge in [-0.15, -0.1) is 0 Å². The number of amides is 2. The second-order valence-corrected chi connectivity index (χ2v) is 5.96. The molecule has 5 nitrogen and oxygen atoms in total. The highest BCUT2D eigenvalue weighted by molar-refractivity contribution is 7.07. The molecule has 1 aromatic heterocycles. The van der Waals surface area contributed by atoms with E-state index in [2.05, 4.69) is 10.6 Å². The molecule has 1 heterocycles. The SMILES string of the molecule is CCOc1cc(C)ccc1CNC(=O)NCC(O)c1ccsc1. The quantitative estimate of drug-likeness (QED) is 0.729. The maximum absolute atomic E-state index is 11.9. The summed E-state index contributed by atoms with van der Waals surface area (Å²) >= 11 is 1.51. The summed E-state index contributed by atoms with van der Waals surface area (Å²) in [7, 11) is 0. The third-order valence-electron chi connectivity index (χ3n) is 3.35. The number of benzene rings is 1. The Kier molecular flexibility index (Phi) is 6.43. The Morgan fingerprint density at radius 1 is 1.35 bits per heavy atom. The Labute approximate surface area is 140 Å². The van der Waals surface area contributed by atoms with Gasteiger partial charge in [-0.05, 0) is 47.9 Å². The first-order valence-electron chi connectivity index (χ1n) is 7.54. The molecule has 0 spiro atoms. The Morgan fingerprint density at radius 3 is 2.87 bits per heavy atom. The fraction of sp³-hybridized carbons (Fsp3) is 0.353. The van der Waals surface area contributed by atoms with Gasteiger partial charge in [0, 0.05) is 18.7 Å². The van der Waals surface area contributed by atoms with Crippen molar-refractivity contribution in [3.05, 3.63) is 51.7 Å². The number of aryl methyl sites for hydroxylation is 1. The van der Waals surface area contributed by atoms with Crippen molar-refractivity contribution in [3.8, 4) is 5.75 Å². The lowest BCUT2D eigenvalue weighted by Crippen LogP contribution is -2.37. The molecule has 0 aliphatic carbocycles. The number of hydrogen-bond acceptors (Lipinski definition) is 4. The van der Waals surface area contributed by atoms with E-state index >= 15 is 0 Å². The van der Waals surface area contributed by atoms with Crippen LogP contribution in [0, 0.1) is 6.92 Å². The molecule has 0 fully saturated rings. The second kappa shape index (κ2) is 8.55. The largest absolute Gasteiger partial charge is 0.494 e. The van der Waals surface area contributed by atoms with Crippen molar-refractivity contribution in [3.63, 3.8) is 0 Å². The van der Waals surface area contributed by atoms with Crippen molar-refractivity contribution in [2.24, 2.45) is 0 Å². The van der Waals surface area contributed by atoms with Gasteiger partial charge >= 0.3 is 6.03 Å². The van der Waals surface area contributed by atoms with E-state index in [1.807, 2.05) is 48.9 Å². The van der Waals surface area contributed by atoms with E-state index in [1.54, 1.807) is 0 Å². The number of carbonyl (C=O) groups excluding carboxylic acids is 1. The van der Waals surface area contributed by atoms with Crippen molar-refractivity contribution >= 4 is 17.4 Å². The van der Waals surface area contributed by atoms with Gasteiger partial charge < -0.3 is 20.5 Å². The molecule has 2 rings (SSSR count). The molecule has 23 heavy (non-hydrogen) atoms. The van der Waals surface area contributed by atoms with E-state index in [0.29, 0.717) is 13.2 Å². The number of hydrogen-bond donors (Lipinski definition) is 3. The number of rotatable bonds is 7. The molecule has 3 N–H and O–H groups in total. The highest BCUT2D eigenvalue weighted by atomic mass is 32.1. The van der Waals surface area contributed by atoms with Crippen LogP contribution in [0.4, 0.5) is 4.79 Å². The number of nitrogens with one attached hydrogen (secondary N) is 2. The lowest BCUT2D eigenvalue weighted by Gasteiger charge is -2.14. The number of ether oxygens (including phenoxy) is 1. The fourth-order valence-corrected chi connectivity index (χ4v) is 2.81. The highest BCUT2D eigenvalue weighted by Crippen LogP contribution is 2.20. The second-order valence-electron chi connectivity index (χ2n) is 5.18. The standard InChI is InChI=1S/C17H22N2O3S/c1-3-22-16-8-12(2)4-5-13(16)9-18-17(21)19-10-15(20)14-6-7-23-11-14/h4-8,11,15,20H,3,9-10H2,1-2H3,(H2,18,19,21). The summed E-state index contributed by atoms with van der Waals surface area (Å²) in [6.45, 7) is 5.05. The molecule has 1 unspecified atom stereocenters. The van der Waals surface area contributed by atoms with E-state index in [4.69, 9.17) is 4.74 Å². The Balaban J connectivity index is 1.82. The van der Waals surface area contributed by atoms with Gasteiger partial charge in [0.2, 0.25) is 0 Å². The monoisotopic (exact) mass is 334 g/mol. The predicted molar refractivity (Wildman–Crippen MR) is 91.9 cm³/mol. The summed E-state index contributed by atoms with van der Waals surface area (Å²) in [6.07, 6.45) is -0.689. The lowest BCUT2D eigenvalue weighted by atomic mass is 10.1. The maximum Gasteiger partial charge on any atom is 0.315 e. The van der Waals surface area contributed by atoms with E-state index in [0.717, 1.165) is 22.4 Å². The average molecular weight is 334 g/mol. The number of urea groups is 1. The Morgan fingerprint density at radius 2 is 2.17 bits per heavy atom. The molecule has 0 bridgehead atoms. The number of aliphatic hydroxyl groups excluding tert-OH is 1. The third-order valence-corrected chi connectivity index (χ3v) is 4.05. The first-order chi connectivity index (χ1) is 11.1. The van der Waals surface area contributed by atoms with Gasteiger partial charge in [-0.25, -0.2) is 4.79 Å². The minimum atomic E-state index is -0.689. The molecule has 6 heteroatoms. The zero-order chi connectivity index (χ0) is 16.7. The lowest BCUT2D eigenvalue weighted by molar-refractivity contribution is 0.173. The van der Waals surface area contributed by atoms with E-state index in [1.165, 1.54) is 11.3 Å². The molecule has 0 aliphatic rings. The maximum atomic E-state index is 11.9. The van der Waals surface area contributed by atoms with Crippen molar-refractivity contribution in [2.45, 2.75) is 26.5 Å². The van der Waals surface area contributed by atoms with Crippen LogP contribution in [0.3, 0.4) is 0 Å². The molecule has 2 amide bonds. The van der Waals surface area contributed by atoms with Crippen LogP contribution in [-0.2, 0) is 6.54 Å². The Hall–Kier alpha value is -2.05. The minimum absolute atomic E-state index is 0.175. The van der Waals surface area contributed by atoms with Crippen molar-refractivity contribution < 1.29 is 14.6 Å². The van der Waals surface area contributed by atoms with Crippen LogP contribution in [0.15, 0.2) is 35.0 Å². The zero-order valence-electron chi connectivity index (χ0n) is 13.3. The van der Waals surface area contributed by atoms with Crippen LogP contribution in [0.2, 0.25) is 0 Å². The highest BCUT2D eigenvalue weighted by Gasteiger charge is 2.10. The van der Waals surface area contributed by atoms with Crippen molar-refractivity contribution in [1.82, 2.24) is 10.6 Å². The van der Waals surface area contributed by atoms with Gasteiger partial charge in [-0.2, -0.15) is 11.3 Å². The fourth-order valence-electron chi connectivity index (χ4n) is 2.11. The molecule has 0 saturated carbocycles. The summed E-state index contributed by atoms with van der Waals surface area (Å²) in [5, 5.41) is 19.1. The topological polar surface area (TPSA) is 70.6 Å². The summed E-state index contributed by atoms with van der Waals surface area (Å²) in [5.41, 5.74) is 2.85. The number of carbonyl (C=O) groups is 1. The zero-order valence-corrected chi connectivity index (χ0v) is 14.2. The molecule has 124 valence electrons.